The lowest BCUT2D eigenvalue weighted by Gasteiger charge is -2.42. The molecule has 11 heteroatoms. The Balaban J connectivity index is 0.832. The monoisotopic (exact) mass is 548 g/mol. The van der Waals surface area contributed by atoms with Gasteiger partial charge in [-0.1, -0.05) is 19.3 Å². The molecule has 7 aliphatic rings. The van der Waals surface area contributed by atoms with E-state index in [0.717, 1.165) is 17.8 Å². The molecule has 222 valence electrons. The van der Waals surface area contributed by atoms with Crippen molar-refractivity contribution < 1.29 is 14.9 Å². The first-order valence-corrected chi connectivity index (χ1v) is 15.9. The Morgan fingerprint density at radius 2 is 1.74 bits per heavy atom. The summed E-state index contributed by atoms with van der Waals surface area (Å²) in [5.74, 6) is 2.77. The maximum absolute atomic E-state index is 10.9. The van der Waals surface area contributed by atoms with Crippen molar-refractivity contribution in [2.24, 2.45) is 23.5 Å². The summed E-state index contributed by atoms with van der Waals surface area (Å²) in [4.78, 5) is 4.40. The summed E-state index contributed by atoms with van der Waals surface area (Å²) in [6, 6.07) is 1.94. The summed E-state index contributed by atoms with van der Waals surface area (Å²) in [6.45, 7) is 1.80. The summed E-state index contributed by atoms with van der Waals surface area (Å²) in [5.41, 5.74) is 6.20. The standard InChI is InChI=1S/C28H52N8O3/c1-35(12-21-24(37)25(38)28(39-21)36-14-32-23-26(29)30-13-31-27(23)36)18-9-15(10-18)5-8-22-33-19-7-6-17(11-20(19)34-22)16-3-2-4-16/h15-28,30-34,37-38H,2-14,29H2,1H3/t15?,17?,18?,19?,20?,21-,22?,23?,24-,25-,26?,27?,28-/m1/s1. The van der Waals surface area contributed by atoms with Crippen LogP contribution in [-0.2, 0) is 4.74 Å². The van der Waals surface area contributed by atoms with Crippen LogP contribution in [0, 0.1) is 17.8 Å². The van der Waals surface area contributed by atoms with E-state index in [2.05, 4.69) is 43.4 Å². The van der Waals surface area contributed by atoms with Crippen LogP contribution in [-0.4, -0.2) is 114 Å². The molecule has 4 aliphatic heterocycles. The number of ether oxygens (including phenoxy) is 1. The molecular formula is C28H52N8O3. The van der Waals surface area contributed by atoms with Gasteiger partial charge in [0.05, 0.1) is 31.2 Å². The molecule has 4 saturated heterocycles. The number of fused-ring (bicyclic) bond motifs is 2. The van der Waals surface area contributed by atoms with E-state index in [-0.39, 0.29) is 18.4 Å². The van der Waals surface area contributed by atoms with Crippen LogP contribution in [0.15, 0.2) is 0 Å². The minimum atomic E-state index is -0.940. The summed E-state index contributed by atoms with van der Waals surface area (Å²) < 4.78 is 6.29. The van der Waals surface area contributed by atoms with Crippen molar-refractivity contribution in [3.63, 3.8) is 0 Å². The van der Waals surface area contributed by atoms with Crippen LogP contribution in [0.25, 0.3) is 0 Å². The van der Waals surface area contributed by atoms with Gasteiger partial charge in [0.1, 0.15) is 24.5 Å². The Labute approximate surface area is 233 Å². The number of rotatable bonds is 8. The third-order valence-electron chi connectivity index (χ3n) is 11.6. The van der Waals surface area contributed by atoms with Gasteiger partial charge in [0, 0.05) is 31.3 Å². The van der Waals surface area contributed by atoms with Crippen molar-refractivity contribution >= 4 is 0 Å². The average Bonchev–Trinajstić information content (AvgIpc) is 3.54. The molecule has 0 aromatic rings. The smallest absolute Gasteiger partial charge is 0.142 e. The predicted octanol–water partition coefficient (Wildman–Crippen LogP) is -1.23. The molecule has 7 fully saturated rings. The third kappa shape index (κ3) is 5.31. The first-order valence-electron chi connectivity index (χ1n) is 15.9. The SMILES string of the molecule is CN(C[C@H]1O[C@@H](N2CNC3C(N)NCNC32)[C@H](O)[C@@H]1O)C1CC(CCC2NC3CCC(C4CCC4)CC3N2)C1. The number of hydrogen-bond donors (Lipinski definition) is 8. The van der Waals surface area contributed by atoms with Gasteiger partial charge >= 0.3 is 0 Å². The van der Waals surface area contributed by atoms with Gasteiger partial charge in [-0.25, -0.2) is 4.90 Å². The minimum Gasteiger partial charge on any atom is -0.387 e. The van der Waals surface area contributed by atoms with Gasteiger partial charge in [-0.05, 0) is 69.7 Å². The van der Waals surface area contributed by atoms with Gasteiger partial charge < -0.3 is 25.6 Å². The lowest BCUT2D eigenvalue weighted by Crippen LogP contribution is -2.68. The number of hydrogen-bond acceptors (Lipinski definition) is 11. The predicted molar refractivity (Wildman–Crippen MR) is 148 cm³/mol. The fourth-order valence-electron chi connectivity index (χ4n) is 8.79. The molecule has 7 rings (SSSR count). The fraction of sp³-hybridized carbons (Fsp3) is 1.00. The zero-order chi connectivity index (χ0) is 26.7. The van der Waals surface area contributed by atoms with Crippen molar-refractivity contribution in [2.45, 2.75) is 131 Å². The average molecular weight is 549 g/mol. The van der Waals surface area contributed by atoms with Crippen LogP contribution in [0.5, 0.6) is 0 Å². The van der Waals surface area contributed by atoms with Crippen LogP contribution in [0.1, 0.15) is 64.2 Å². The molecule has 0 amide bonds. The molecule has 11 atom stereocenters. The Morgan fingerprint density at radius 3 is 2.54 bits per heavy atom. The first kappa shape index (κ1) is 27.4. The molecule has 0 aromatic carbocycles. The van der Waals surface area contributed by atoms with E-state index in [4.69, 9.17) is 10.5 Å². The van der Waals surface area contributed by atoms with Crippen LogP contribution in [0.2, 0.25) is 0 Å². The second-order valence-corrected chi connectivity index (χ2v) is 13.9. The van der Waals surface area contributed by atoms with Gasteiger partial charge in [-0.15, -0.1) is 0 Å². The highest BCUT2D eigenvalue weighted by molar-refractivity contribution is 5.03. The van der Waals surface area contributed by atoms with E-state index in [1.165, 1.54) is 64.2 Å². The second-order valence-electron chi connectivity index (χ2n) is 13.9. The molecule has 3 saturated carbocycles. The minimum absolute atomic E-state index is 0.0308. The van der Waals surface area contributed by atoms with E-state index >= 15 is 0 Å². The third-order valence-corrected chi connectivity index (χ3v) is 11.6. The van der Waals surface area contributed by atoms with Crippen LogP contribution in [0.4, 0.5) is 0 Å². The van der Waals surface area contributed by atoms with Crippen molar-refractivity contribution in [3.8, 4) is 0 Å². The lowest BCUT2D eigenvalue weighted by molar-refractivity contribution is -0.108. The van der Waals surface area contributed by atoms with E-state index < -0.39 is 24.5 Å². The Kier molecular flexibility index (Phi) is 7.96. The van der Waals surface area contributed by atoms with Crippen molar-refractivity contribution in [1.82, 2.24) is 36.4 Å². The van der Waals surface area contributed by atoms with Crippen molar-refractivity contribution in [2.75, 3.05) is 26.9 Å². The number of likely N-dealkylation sites (N-methyl/N-ethyl adjacent to an activating group) is 1. The molecule has 0 radical (unpaired) electrons. The van der Waals surface area contributed by atoms with Crippen LogP contribution < -0.4 is 32.3 Å². The molecule has 9 N–H and O–H groups in total. The van der Waals surface area contributed by atoms with Crippen molar-refractivity contribution in [3.05, 3.63) is 0 Å². The summed E-state index contributed by atoms with van der Waals surface area (Å²) >= 11 is 0. The van der Waals surface area contributed by atoms with Gasteiger partial charge in [0.2, 0.25) is 0 Å². The molecular weight excluding hydrogens is 496 g/mol. The number of aliphatic hydroxyl groups is 2. The first-order chi connectivity index (χ1) is 18.9. The fourth-order valence-corrected chi connectivity index (χ4v) is 8.79. The summed E-state index contributed by atoms with van der Waals surface area (Å²) in [7, 11) is 2.14. The maximum atomic E-state index is 10.9. The zero-order valence-corrected chi connectivity index (χ0v) is 23.5. The van der Waals surface area contributed by atoms with E-state index in [0.29, 0.717) is 44.2 Å². The van der Waals surface area contributed by atoms with Crippen LogP contribution >= 0.6 is 0 Å². The largest absolute Gasteiger partial charge is 0.387 e. The summed E-state index contributed by atoms with van der Waals surface area (Å²) in [5, 5.41) is 39.6. The normalized spacial score (nSPS) is 50.5. The van der Waals surface area contributed by atoms with E-state index in [9.17, 15) is 10.2 Å². The van der Waals surface area contributed by atoms with Gasteiger partial charge in [-0.2, -0.15) is 0 Å². The highest BCUT2D eigenvalue weighted by Gasteiger charge is 2.52. The Bertz CT molecular complexity index is 846. The Hall–Kier alpha value is -0.440. The molecule has 0 bridgehead atoms. The molecule has 11 nitrogen and oxygen atoms in total. The topological polar surface area (TPSA) is 142 Å². The van der Waals surface area contributed by atoms with E-state index in [1.54, 1.807) is 0 Å². The maximum Gasteiger partial charge on any atom is 0.142 e. The number of nitrogens with one attached hydrogen (secondary N) is 5. The van der Waals surface area contributed by atoms with Gasteiger partial charge in [0.15, 0.2) is 0 Å². The van der Waals surface area contributed by atoms with Crippen LogP contribution in [0.3, 0.4) is 0 Å². The quantitative estimate of drug-likeness (QED) is 0.185. The molecule has 3 aliphatic carbocycles. The summed E-state index contributed by atoms with van der Waals surface area (Å²) in [6.07, 6.45) is 11.0. The van der Waals surface area contributed by atoms with Gasteiger partial charge in [0.25, 0.3) is 0 Å². The highest BCUT2D eigenvalue weighted by Crippen LogP contribution is 2.42. The number of nitrogens with two attached hydrogens (primary N) is 1. The molecule has 0 aromatic heterocycles. The van der Waals surface area contributed by atoms with E-state index in [1.807, 2.05) is 0 Å². The molecule has 0 spiro atoms. The lowest BCUT2D eigenvalue weighted by atomic mass is 9.68. The Morgan fingerprint density at radius 1 is 0.923 bits per heavy atom. The molecule has 7 unspecified atom stereocenters. The number of aliphatic hydroxyl groups excluding tert-OH is 2. The molecule has 4 heterocycles. The second kappa shape index (κ2) is 11.3. The zero-order valence-electron chi connectivity index (χ0n) is 23.5. The number of nitrogens with zero attached hydrogens (tertiary/aromatic N) is 2. The van der Waals surface area contributed by atoms with Crippen molar-refractivity contribution in [1.29, 1.82) is 0 Å². The van der Waals surface area contributed by atoms with Gasteiger partial charge in [-0.3, -0.25) is 26.6 Å². The molecule has 39 heavy (non-hydrogen) atoms. The highest BCUT2D eigenvalue weighted by atomic mass is 16.6.